The minimum Gasteiger partial charge on any atom is -0.492 e. The smallest absolute Gasteiger partial charge is 0.333 e. The molecule has 0 radical (unpaired) electrons. The normalized spacial score (nSPS) is 11.7. The summed E-state index contributed by atoms with van der Waals surface area (Å²) in [7, 11) is -7.93. The van der Waals surface area contributed by atoms with Gasteiger partial charge in [-0.15, -0.1) is 0 Å². The van der Waals surface area contributed by atoms with Crippen molar-refractivity contribution in [2.24, 2.45) is 10.3 Å². The van der Waals surface area contributed by atoms with Gasteiger partial charge in [-0.3, -0.25) is 8.91 Å². The molecule has 0 heterocycles. The van der Waals surface area contributed by atoms with Crippen molar-refractivity contribution in [3.05, 3.63) is 23.8 Å². The largest absolute Gasteiger partial charge is 0.492 e. The van der Waals surface area contributed by atoms with Crippen LogP contribution in [0.1, 0.15) is 24.8 Å². The molecule has 0 unspecified atom stereocenters. The molecule has 10 nitrogen and oxygen atoms in total. The first-order chi connectivity index (χ1) is 11.1. The number of unbranched alkanes of at least 4 members (excludes halogenated alkanes) is 2. The lowest BCUT2D eigenvalue weighted by Gasteiger charge is -2.11. The highest BCUT2D eigenvalue weighted by Gasteiger charge is 2.12. The van der Waals surface area contributed by atoms with Gasteiger partial charge in [0, 0.05) is 0 Å². The van der Waals surface area contributed by atoms with Gasteiger partial charge < -0.3 is 4.74 Å². The summed E-state index contributed by atoms with van der Waals surface area (Å²) in [5.41, 5.74) is 0.0446. The Morgan fingerprint density at radius 1 is 1.08 bits per heavy atom. The molecule has 0 aliphatic rings. The molecule has 0 aliphatic heterocycles. The van der Waals surface area contributed by atoms with E-state index in [1.54, 1.807) is 0 Å². The van der Waals surface area contributed by atoms with Crippen LogP contribution in [0.3, 0.4) is 0 Å². The van der Waals surface area contributed by atoms with Gasteiger partial charge in [0.2, 0.25) is 0 Å². The van der Waals surface area contributed by atoms with Crippen LogP contribution in [0.15, 0.2) is 18.2 Å². The minimum atomic E-state index is -4.00. The molecule has 0 atom stereocenters. The van der Waals surface area contributed by atoms with Crippen molar-refractivity contribution < 1.29 is 25.8 Å². The predicted molar refractivity (Wildman–Crippen MR) is 86.3 cm³/mol. The predicted octanol–water partition coefficient (Wildman–Crippen LogP) is -0.0571. The molecule has 24 heavy (non-hydrogen) atoms. The average molecular weight is 378 g/mol. The average Bonchev–Trinajstić information content (AvgIpc) is 2.43. The highest BCUT2D eigenvalue weighted by Crippen LogP contribution is 2.26. The molecule has 134 valence electrons. The summed E-state index contributed by atoms with van der Waals surface area (Å²) in [4.78, 5) is 0. The fourth-order valence-electron chi connectivity index (χ4n) is 1.74. The Kier molecular flexibility index (Phi) is 7.39. The van der Waals surface area contributed by atoms with Crippen molar-refractivity contribution in [2.75, 3.05) is 17.9 Å². The lowest BCUT2D eigenvalue weighted by Crippen LogP contribution is -2.22. The zero-order valence-electron chi connectivity index (χ0n) is 12.6. The van der Waals surface area contributed by atoms with Crippen molar-refractivity contribution >= 4 is 26.2 Å². The van der Waals surface area contributed by atoms with E-state index in [4.69, 9.17) is 15.1 Å². The highest BCUT2D eigenvalue weighted by atomic mass is 32.2. The molecule has 0 spiro atoms. The third-order valence-corrected chi connectivity index (χ3v) is 3.68. The second-order valence-corrected chi connectivity index (χ2v) is 7.18. The zero-order valence-corrected chi connectivity index (χ0v) is 14.3. The topological polar surface area (TPSA) is 175 Å². The summed E-state index contributed by atoms with van der Waals surface area (Å²) >= 11 is 0. The number of rotatable bonds is 10. The first kappa shape index (κ1) is 20.1. The molecular formula is C12H18N4O6S2. The van der Waals surface area contributed by atoms with E-state index in [1.807, 2.05) is 10.8 Å². The van der Waals surface area contributed by atoms with E-state index in [2.05, 4.69) is 9.32 Å². The van der Waals surface area contributed by atoms with E-state index < -0.39 is 20.5 Å². The van der Waals surface area contributed by atoms with Gasteiger partial charge in [-0.05, 0) is 31.4 Å². The standard InChI is InChI=1S/C12H18N4O6S2/c13-9-10-11(16-23(14,17)18)5-4-6-12(10)21-7-2-1-3-8-22-24(15,19)20/h4-6,16H,1-3,7-8H2,(H2,14,17,18)(H2,15,19,20). The number of hydrogen-bond acceptors (Lipinski definition) is 7. The Labute approximate surface area is 140 Å². The van der Waals surface area contributed by atoms with Crippen LogP contribution in [0.5, 0.6) is 5.75 Å². The lowest BCUT2D eigenvalue weighted by molar-refractivity contribution is 0.281. The maximum atomic E-state index is 11.1. The van der Waals surface area contributed by atoms with E-state index in [9.17, 15) is 16.8 Å². The van der Waals surface area contributed by atoms with Crippen LogP contribution >= 0.6 is 0 Å². The lowest BCUT2D eigenvalue weighted by atomic mass is 10.2. The van der Waals surface area contributed by atoms with Crippen LogP contribution in [-0.4, -0.2) is 30.0 Å². The molecule has 1 aromatic rings. The van der Waals surface area contributed by atoms with Gasteiger partial charge in [0.15, 0.2) is 0 Å². The van der Waals surface area contributed by atoms with Crippen molar-refractivity contribution in [2.45, 2.75) is 19.3 Å². The summed E-state index contributed by atoms with van der Waals surface area (Å²) in [5, 5.41) is 18.7. The number of nitrogens with zero attached hydrogens (tertiary/aromatic N) is 1. The third kappa shape index (κ3) is 8.09. The van der Waals surface area contributed by atoms with Gasteiger partial charge in [-0.1, -0.05) is 6.07 Å². The maximum Gasteiger partial charge on any atom is 0.333 e. The summed E-state index contributed by atoms with van der Waals surface area (Å²) in [6.07, 6.45) is 1.66. The second kappa shape index (κ2) is 8.81. The Balaban J connectivity index is 2.51. The van der Waals surface area contributed by atoms with Crippen molar-refractivity contribution in [3.8, 4) is 11.8 Å². The number of nitrogens with two attached hydrogens (primary N) is 2. The SMILES string of the molecule is N#Cc1c(NS(N)(=O)=O)cccc1OCCCCCOS(N)(=O)=O. The van der Waals surface area contributed by atoms with E-state index in [0.29, 0.717) is 19.3 Å². The van der Waals surface area contributed by atoms with Crippen LogP contribution in [-0.2, 0) is 24.7 Å². The van der Waals surface area contributed by atoms with Crippen molar-refractivity contribution in [3.63, 3.8) is 0 Å². The molecule has 0 aromatic heterocycles. The maximum absolute atomic E-state index is 11.1. The Morgan fingerprint density at radius 2 is 1.75 bits per heavy atom. The third-order valence-electron chi connectivity index (χ3n) is 2.68. The van der Waals surface area contributed by atoms with E-state index in [0.717, 1.165) is 0 Å². The summed E-state index contributed by atoms with van der Waals surface area (Å²) < 4.78 is 55.1. The Bertz CT molecular complexity index is 801. The first-order valence-corrected chi connectivity index (χ1v) is 9.78. The Morgan fingerprint density at radius 3 is 2.33 bits per heavy atom. The number of ether oxygens (including phenoxy) is 1. The number of anilines is 1. The number of nitriles is 1. The van der Waals surface area contributed by atoms with Crippen LogP contribution in [0.4, 0.5) is 5.69 Å². The van der Waals surface area contributed by atoms with Crippen molar-refractivity contribution in [1.29, 1.82) is 5.26 Å². The number of nitrogens with one attached hydrogen (secondary N) is 1. The molecule has 0 aliphatic carbocycles. The van der Waals surface area contributed by atoms with E-state index >= 15 is 0 Å². The molecule has 1 rings (SSSR count). The van der Waals surface area contributed by atoms with Gasteiger partial charge in [-0.2, -0.15) is 22.1 Å². The molecule has 0 saturated heterocycles. The molecule has 0 amide bonds. The molecule has 1 aromatic carbocycles. The minimum absolute atomic E-state index is 0.0177. The molecule has 0 fully saturated rings. The fraction of sp³-hybridized carbons (Fsp3) is 0.417. The first-order valence-electron chi connectivity index (χ1n) is 6.76. The number of hydrogen-bond donors (Lipinski definition) is 3. The molecule has 0 bridgehead atoms. The zero-order chi connectivity index (χ0) is 18.2. The summed E-state index contributed by atoms with van der Waals surface area (Å²) in [5.74, 6) is 0.215. The summed E-state index contributed by atoms with van der Waals surface area (Å²) in [6, 6.07) is 6.29. The van der Waals surface area contributed by atoms with Gasteiger partial charge in [0.1, 0.15) is 17.4 Å². The second-order valence-electron chi connectivity index (χ2n) is 4.66. The van der Waals surface area contributed by atoms with E-state index in [-0.39, 0.29) is 30.2 Å². The van der Waals surface area contributed by atoms with Crippen LogP contribution in [0.2, 0.25) is 0 Å². The molecule has 12 heteroatoms. The van der Waals surface area contributed by atoms with Gasteiger partial charge in [-0.25, -0.2) is 10.3 Å². The molecule has 0 saturated carbocycles. The van der Waals surface area contributed by atoms with Gasteiger partial charge >= 0.3 is 10.3 Å². The molecule has 5 N–H and O–H groups in total. The summed E-state index contributed by atoms with van der Waals surface area (Å²) in [6.45, 7) is 0.235. The van der Waals surface area contributed by atoms with Crippen LogP contribution < -0.4 is 19.7 Å². The fourth-order valence-corrected chi connectivity index (χ4v) is 2.57. The van der Waals surface area contributed by atoms with Gasteiger partial charge in [0.05, 0.1) is 18.9 Å². The number of benzene rings is 1. The Hall–Kier alpha value is -1.91. The van der Waals surface area contributed by atoms with E-state index in [1.165, 1.54) is 18.2 Å². The highest BCUT2D eigenvalue weighted by molar-refractivity contribution is 7.90. The van der Waals surface area contributed by atoms with Crippen LogP contribution in [0, 0.1) is 11.3 Å². The molecular weight excluding hydrogens is 360 g/mol. The van der Waals surface area contributed by atoms with Crippen molar-refractivity contribution in [1.82, 2.24) is 0 Å². The van der Waals surface area contributed by atoms with Gasteiger partial charge in [0.25, 0.3) is 10.2 Å². The monoisotopic (exact) mass is 378 g/mol. The quantitative estimate of drug-likeness (QED) is 0.478. The van der Waals surface area contributed by atoms with Crippen LogP contribution in [0.25, 0.3) is 0 Å².